The van der Waals surface area contributed by atoms with Crippen molar-refractivity contribution in [2.75, 3.05) is 0 Å². The van der Waals surface area contributed by atoms with Gasteiger partial charge in [-0.1, -0.05) is 11.6 Å². The number of fused-ring (bicyclic) bond motifs is 1. The fraction of sp³-hybridized carbons (Fsp3) is 0.111. The molecule has 5 heteroatoms. The zero-order valence-corrected chi connectivity index (χ0v) is 8.12. The van der Waals surface area contributed by atoms with Crippen LogP contribution < -0.4 is 0 Å². The Morgan fingerprint density at radius 3 is 2.93 bits per heavy atom. The Morgan fingerprint density at radius 1 is 1.64 bits per heavy atom. The van der Waals surface area contributed by atoms with Crippen LogP contribution in [0, 0.1) is 6.92 Å². The molecular weight excluding hydrogens is 204 g/mol. The molecule has 0 aliphatic heterocycles. The summed E-state index contributed by atoms with van der Waals surface area (Å²) in [6.07, 6.45) is 1.73. The van der Waals surface area contributed by atoms with Crippen molar-refractivity contribution >= 4 is 23.2 Å². The van der Waals surface area contributed by atoms with Gasteiger partial charge in [0.25, 0.3) is 0 Å². The zero-order valence-electron chi connectivity index (χ0n) is 7.36. The predicted octanol–water partition coefficient (Wildman–Crippen LogP) is 1.99. The summed E-state index contributed by atoms with van der Waals surface area (Å²) in [6, 6.07) is 3.42. The van der Waals surface area contributed by atoms with Crippen molar-refractivity contribution in [1.82, 2.24) is 9.38 Å². The van der Waals surface area contributed by atoms with E-state index < -0.39 is 5.97 Å². The minimum Gasteiger partial charge on any atom is -0.476 e. The van der Waals surface area contributed by atoms with Gasteiger partial charge in [0.2, 0.25) is 0 Å². The van der Waals surface area contributed by atoms with Crippen molar-refractivity contribution in [3.05, 3.63) is 34.7 Å². The largest absolute Gasteiger partial charge is 0.476 e. The van der Waals surface area contributed by atoms with Crippen LogP contribution >= 0.6 is 11.6 Å². The van der Waals surface area contributed by atoms with Gasteiger partial charge >= 0.3 is 5.97 Å². The van der Waals surface area contributed by atoms with E-state index in [2.05, 4.69) is 4.98 Å². The fourth-order valence-electron chi connectivity index (χ4n) is 1.36. The number of hydrogen-bond donors (Lipinski definition) is 1. The van der Waals surface area contributed by atoms with Crippen LogP contribution in [0.3, 0.4) is 0 Å². The number of pyridine rings is 1. The SMILES string of the molecule is Cc1c(C(=O)O)nc2c(Cl)cccn12. The van der Waals surface area contributed by atoms with Crippen LogP contribution in [0.5, 0.6) is 0 Å². The van der Waals surface area contributed by atoms with Crippen LogP contribution in [0.2, 0.25) is 5.02 Å². The first-order valence-electron chi connectivity index (χ1n) is 3.97. The second-order valence-electron chi connectivity index (χ2n) is 2.90. The number of hydrogen-bond acceptors (Lipinski definition) is 2. The monoisotopic (exact) mass is 210 g/mol. The van der Waals surface area contributed by atoms with Crippen LogP contribution in [0.1, 0.15) is 16.2 Å². The normalized spacial score (nSPS) is 10.7. The molecule has 2 aromatic heterocycles. The molecule has 0 atom stereocenters. The van der Waals surface area contributed by atoms with E-state index in [1.807, 2.05) is 0 Å². The van der Waals surface area contributed by atoms with Gasteiger partial charge in [-0.2, -0.15) is 0 Å². The highest BCUT2D eigenvalue weighted by atomic mass is 35.5. The van der Waals surface area contributed by atoms with Crippen molar-refractivity contribution in [2.45, 2.75) is 6.92 Å². The number of aromatic carboxylic acids is 1. The summed E-state index contributed by atoms with van der Waals surface area (Å²) in [5.74, 6) is -1.04. The molecule has 2 heterocycles. The molecule has 0 saturated carbocycles. The topological polar surface area (TPSA) is 54.6 Å². The molecule has 0 amide bonds. The molecule has 0 unspecified atom stereocenters. The molecule has 1 N–H and O–H groups in total. The van der Waals surface area contributed by atoms with Crippen molar-refractivity contribution in [3.63, 3.8) is 0 Å². The quantitative estimate of drug-likeness (QED) is 0.783. The first kappa shape index (κ1) is 9.02. The van der Waals surface area contributed by atoms with Crippen molar-refractivity contribution < 1.29 is 9.90 Å². The second-order valence-corrected chi connectivity index (χ2v) is 3.31. The van der Waals surface area contributed by atoms with Gasteiger partial charge < -0.3 is 9.51 Å². The van der Waals surface area contributed by atoms with Gasteiger partial charge in [-0.15, -0.1) is 0 Å². The summed E-state index contributed by atoms with van der Waals surface area (Å²) < 4.78 is 1.66. The van der Waals surface area contributed by atoms with E-state index in [-0.39, 0.29) is 5.69 Å². The van der Waals surface area contributed by atoms with Crippen LogP contribution in [0.25, 0.3) is 5.65 Å². The van der Waals surface area contributed by atoms with E-state index in [9.17, 15) is 4.79 Å². The molecule has 14 heavy (non-hydrogen) atoms. The van der Waals surface area contributed by atoms with E-state index in [1.54, 1.807) is 29.7 Å². The summed E-state index contributed by atoms with van der Waals surface area (Å²) in [7, 11) is 0. The lowest BCUT2D eigenvalue weighted by Crippen LogP contribution is -1.99. The number of carbonyl (C=O) groups is 1. The van der Waals surface area contributed by atoms with Gasteiger partial charge in [-0.25, -0.2) is 9.78 Å². The summed E-state index contributed by atoms with van der Waals surface area (Å²) in [4.78, 5) is 14.7. The van der Waals surface area contributed by atoms with Crippen molar-refractivity contribution in [3.8, 4) is 0 Å². The third-order valence-corrected chi connectivity index (χ3v) is 2.34. The van der Waals surface area contributed by atoms with E-state index in [4.69, 9.17) is 16.7 Å². The average Bonchev–Trinajstić information content (AvgIpc) is 2.46. The highest BCUT2D eigenvalue weighted by Crippen LogP contribution is 2.19. The van der Waals surface area contributed by atoms with Gasteiger partial charge in [0.05, 0.1) is 10.7 Å². The van der Waals surface area contributed by atoms with Gasteiger partial charge in [-0.3, -0.25) is 0 Å². The minimum absolute atomic E-state index is 0.0399. The number of carboxylic acids is 1. The van der Waals surface area contributed by atoms with Crippen LogP contribution in [-0.4, -0.2) is 20.5 Å². The number of halogens is 1. The Hall–Kier alpha value is -1.55. The lowest BCUT2D eigenvalue weighted by Gasteiger charge is -1.95. The third kappa shape index (κ3) is 1.15. The lowest BCUT2D eigenvalue weighted by molar-refractivity contribution is 0.0690. The van der Waals surface area contributed by atoms with E-state index >= 15 is 0 Å². The highest BCUT2D eigenvalue weighted by molar-refractivity contribution is 6.33. The Kier molecular flexibility index (Phi) is 1.93. The van der Waals surface area contributed by atoms with Gasteiger partial charge in [-0.05, 0) is 19.1 Å². The molecule has 72 valence electrons. The molecule has 0 bridgehead atoms. The minimum atomic E-state index is -1.04. The number of aromatic nitrogens is 2. The predicted molar refractivity (Wildman–Crippen MR) is 51.9 cm³/mol. The Balaban J connectivity index is 2.86. The number of aryl methyl sites for hydroxylation is 1. The maximum absolute atomic E-state index is 10.8. The Labute approximate surface area is 84.8 Å². The molecule has 0 spiro atoms. The first-order valence-corrected chi connectivity index (χ1v) is 4.35. The Bertz CT molecular complexity index is 519. The second kappa shape index (κ2) is 2.99. The molecule has 0 radical (unpaired) electrons. The van der Waals surface area contributed by atoms with E-state index in [1.165, 1.54) is 0 Å². The van der Waals surface area contributed by atoms with Crippen molar-refractivity contribution in [1.29, 1.82) is 0 Å². The summed E-state index contributed by atoms with van der Waals surface area (Å²) in [6.45, 7) is 1.69. The lowest BCUT2D eigenvalue weighted by atomic mass is 10.3. The van der Waals surface area contributed by atoms with Gasteiger partial charge in [0.15, 0.2) is 11.3 Å². The molecular formula is C9H7ClN2O2. The smallest absolute Gasteiger partial charge is 0.356 e. The molecule has 0 aliphatic rings. The zero-order chi connectivity index (χ0) is 10.3. The van der Waals surface area contributed by atoms with Gasteiger partial charge in [0, 0.05) is 6.20 Å². The average molecular weight is 211 g/mol. The Morgan fingerprint density at radius 2 is 2.36 bits per heavy atom. The molecule has 0 fully saturated rings. The standard InChI is InChI=1S/C9H7ClN2O2/c1-5-7(9(13)14)11-8-6(10)3-2-4-12(5)8/h2-4H,1H3,(H,13,14). The fourth-order valence-corrected chi connectivity index (χ4v) is 1.56. The molecule has 4 nitrogen and oxygen atoms in total. The van der Waals surface area contributed by atoms with Crippen LogP contribution in [0.4, 0.5) is 0 Å². The summed E-state index contributed by atoms with van der Waals surface area (Å²) >= 11 is 5.87. The number of imidazole rings is 1. The van der Waals surface area contributed by atoms with Gasteiger partial charge in [0.1, 0.15) is 0 Å². The molecule has 0 saturated heterocycles. The summed E-state index contributed by atoms with van der Waals surface area (Å²) in [5, 5.41) is 9.29. The first-order chi connectivity index (χ1) is 6.61. The van der Waals surface area contributed by atoms with Crippen LogP contribution in [0.15, 0.2) is 18.3 Å². The highest BCUT2D eigenvalue weighted by Gasteiger charge is 2.15. The maximum Gasteiger partial charge on any atom is 0.356 e. The molecule has 2 rings (SSSR count). The molecule has 0 aliphatic carbocycles. The van der Waals surface area contributed by atoms with Crippen LogP contribution in [-0.2, 0) is 0 Å². The number of rotatable bonds is 1. The number of carboxylic acid groups (broad SMARTS) is 1. The maximum atomic E-state index is 10.8. The van der Waals surface area contributed by atoms with E-state index in [0.717, 1.165) is 0 Å². The number of nitrogens with zero attached hydrogens (tertiary/aromatic N) is 2. The van der Waals surface area contributed by atoms with Crippen molar-refractivity contribution in [2.24, 2.45) is 0 Å². The molecule has 2 aromatic rings. The third-order valence-electron chi connectivity index (χ3n) is 2.04. The molecule has 0 aromatic carbocycles. The van der Waals surface area contributed by atoms with E-state index in [0.29, 0.717) is 16.4 Å². The summed E-state index contributed by atoms with van der Waals surface area (Å²) in [5.41, 5.74) is 1.09.